The number of benzene rings is 1. The summed E-state index contributed by atoms with van der Waals surface area (Å²) in [7, 11) is 4.28. The number of aromatic nitrogens is 1. The number of likely N-dealkylation sites (N-methyl/N-ethyl adjacent to an activating group) is 1. The Kier molecular flexibility index (Phi) is 3.88. The van der Waals surface area contributed by atoms with Crippen molar-refractivity contribution in [1.82, 2.24) is 9.88 Å². The van der Waals surface area contributed by atoms with Crippen molar-refractivity contribution in [3.8, 4) is 0 Å². The minimum Gasteiger partial charge on any atom is -0.295 e. The first-order valence-electron chi connectivity index (χ1n) is 7.93. The van der Waals surface area contributed by atoms with Crippen LogP contribution in [0, 0.1) is 11.8 Å². The summed E-state index contributed by atoms with van der Waals surface area (Å²) in [5.74, 6) is 0.886. The molecule has 0 saturated carbocycles. The first-order valence-corrected chi connectivity index (χ1v) is 7.93. The second-order valence-corrected chi connectivity index (χ2v) is 6.48. The van der Waals surface area contributed by atoms with Gasteiger partial charge >= 0.3 is 0 Å². The standard InChI is InChI=1S/C20H24N2/c1-5-18-15(2)9-8-13-20(18,22(3)4)19-17-11-7-6-10-16(17)12-14-21-19/h5-8,10-15,18H,1,9H2,2-4H3. The fraction of sp³-hybridized carbons (Fsp3) is 0.350. The molecule has 2 heteroatoms. The maximum atomic E-state index is 4.82. The molecule has 114 valence electrons. The monoisotopic (exact) mass is 292 g/mol. The normalized spacial score (nSPS) is 28.2. The van der Waals surface area contributed by atoms with Crippen LogP contribution in [0.4, 0.5) is 0 Å². The highest BCUT2D eigenvalue weighted by atomic mass is 15.2. The summed E-state index contributed by atoms with van der Waals surface area (Å²) in [6, 6.07) is 10.6. The van der Waals surface area contributed by atoms with Gasteiger partial charge in [-0.25, -0.2) is 0 Å². The van der Waals surface area contributed by atoms with E-state index < -0.39 is 0 Å². The third kappa shape index (κ3) is 2.10. The summed E-state index contributed by atoms with van der Waals surface area (Å²) in [5.41, 5.74) is 0.892. The van der Waals surface area contributed by atoms with E-state index in [9.17, 15) is 0 Å². The highest BCUT2D eigenvalue weighted by molar-refractivity contribution is 5.85. The third-order valence-electron chi connectivity index (χ3n) is 5.05. The third-order valence-corrected chi connectivity index (χ3v) is 5.05. The summed E-state index contributed by atoms with van der Waals surface area (Å²) in [5, 5.41) is 2.47. The smallest absolute Gasteiger partial charge is 0.0886 e. The first-order chi connectivity index (χ1) is 10.6. The molecule has 2 aromatic rings. The summed E-state index contributed by atoms with van der Waals surface area (Å²) < 4.78 is 0. The zero-order valence-electron chi connectivity index (χ0n) is 13.7. The van der Waals surface area contributed by atoms with Gasteiger partial charge < -0.3 is 0 Å². The van der Waals surface area contributed by atoms with E-state index in [1.54, 1.807) is 0 Å². The molecule has 0 bridgehead atoms. The fourth-order valence-corrected chi connectivity index (χ4v) is 3.90. The summed E-state index contributed by atoms with van der Waals surface area (Å²) in [6.07, 6.45) is 9.76. The number of fused-ring (bicyclic) bond motifs is 1. The minimum absolute atomic E-state index is 0.236. The van der Waals surface area contributed by atoms with Crippen LogP contribution in [0.15, 0.2) is 61.3 Å². The van der Waals surface area contributed by atoms with Gasteiger partial charge in [-0.05, 0) is 37.9 Å². The molecule has 1 aliphatic carbocycles. The maximum Gasteiger partial charge on any atom is 0.0886 e. The van der Waals surface area contributed by atoms with E-state index >= 15 is 0 Å². The van der Waals surface area contributed by atoms with Crippen LogP contribution in [0.25, 0.3) is 10.8 Å². The van der Waals surface area contributed by atoms with Crippen molar-refractivity contribution in [1.29, 1.82) is 0 Å². The highest BCUT2D eigenvalue weighted by Crippen LogP contribution is 2.45. The molecule has 22 heavy (non-hydrogen) atoms. The molecule has 0 amide bonds. The van der Waals surface area contributed by atoms with Gasteiger partial charge in [0.25, 0.3) is 0 Å². The molecular formula is C20H24N2. The zero-order valence-corrected chi connectivity index (χ0v) is 13.7. The Hall–Kier alpha value is -1.93. The van der Waals surface area contributed by atoms with Crippen molar-refractivity contribution in [3.63, 3.8) is 0 Å². The van der Waals surface area contributed by atoms with E-state index in [-0.39, 0.29) is 5.54 Å². The number of allylic oxidation sites excluding steroid dienone is 1. The van der Waals surface area contributed by atoms with Crippen LogP contribution >= 0.6 is 0 Å². The second-order valence-electron chi connectivity index (χ2n) is 6.48. The van der Waals surface area contributed by atoms with Gasteiger partial charge in [0.1, 0.15) is 0 Å². The molecule has 0 spiro atoms. The summed E-state index contributed by atoms with van der Waals surface area (Å²) in [6.45, 7) is 6.43. The molecular weight excluding hydrogens is 268 g/mol. The van der Waals surface area contributed by atoms with Crippen molar-refractivity contribution in [2.45, 2.75) is 18.9 Å². The molecule has 1 aliphatic rings. The van der Waals surface area contributed by atoms with Gasteiger partial charge in [-0.15, -0.1) is 6.58 Å². The van der Waals surface area contributed by atoms with Gasteiger partial charge in [-0.2, -0.15) is 0 Å². The lowest BCUT2D eigenvalue weighted by atomic mass is 9.68. The SMILES string of the molecule is C=CC1C(C)CC=CC1(c1nccc2ccccc12)N(C)C. The average Bonchev–Trinajstić information content (AvgIpc) is 2.53. The molecule has 0 fully saturated rings. The fourth-order valence-electron chi connectivity index (χ4n) is 3.90. The van der Waals surface area contributed by atoms with Crippen LogP contribution in [-0.4, -0.2) is 24.0 Å². The van der Waals surface area contributed by atoms with Crippen molar-refractivity contribution in [2.75, 3.05) is 14.1 Å². The van der Waals surface area contributed by atoms with Crippen LogP contribution in [0.5, 0.6) is 0 Å². The molecule has 3 rings (SSSR count). The average molecular weight is 292 g/mol. The number of hydrogen-bond donors (Lipinski definition) is 0. The van der Waals surface area contributed by atoms with Gasteiger partial charge in [-0.1, -0.05) is 49.4 Å². The topological polar surface area (TPSA) is 16.1 Å². The number of hydrogen-bond acceptors (Lipinski definition) is 2. The van der Waals surface area contributed by atoms with E-state index in [1.165, 1.54) is 10.8 Å². The Bertz CT molecular complexity index is 711. The van der Waals surface area contributed by atoms with Crippen molar-refractivity contribution in [3.05, 3.63) is 67.0 Å². The Labute approximate surface area is 133 Å². The molecule has 1 aromatic carbocycles. The Morgan fingerprint density at radius 1 is 1.27 bits per heavy atom. The van der Waals surface area contributed by atoms with Crippen molar-refractivity contribution < 1.29 is 0 Å². The highest BCUT2D eigenvalue weighted by Gasteiger charge is 2.45. The molecule has 0 N–H and O–H groups in total. The zero-order chi connectivity index (χ0) is 15.7. The Balaban J connectivity index is 2.33. The van der Waals surface area contributed by atoms with Crippen LogP contribution in [0.3, 0.4) is 0 Å². The van der Waals surface area contributed by atoms with E-state index in [0.29, 0.717) is 11.8 Å². The van der Waals surface area contributed by atoms with E-state index in [2.05, 4.69) is 81.1 Å². The van der Waals surface area contributed by atoms with Gasteiger partial charge in [0.2, 0.25) is 0 Å². The van der Waals surface area contributed by atoms with Gasteiger partial charge in [0.05, 0.1) is 11.2 Å². The molecule has 0 aliphatic heterocycles. The number of rotatable bonds is 3. The lowest BCUT2D eigenvalue weighted by Crippen LogP contribution is -2.49. The Morgan fingerprint density at radius 2 is 2.05 bits per heavy atom. The predicted octanol–water partition coefficient (Wildman–Crippen LogP) is 4.39. The molecule has 3 unspecified atom stereocenters. The summed E-state index contributed by atoms with van der Waals surface area (Å²) in [4.78, 5) is 7.11. The number of pyridine rings is 1. The van der Waals surface area contributed by atoms with Crippen molar-refractivity contribution in [2.24, 2.45) is 11.8 Å². The van der Waals surface area contributed by atoms with Gasteiger partial charge in [0.15, 0.2) is 0 Å². The van der Waals surface area contributed by atoms with E-state index in [4.69, 9.17) is 4.98 Å². The quantitative estimate of drug-likeness (QED) is 0.780. The lowest BCUT2D eigenvalue weighted by molar-refractivity contribution is 0.107. The van der Waals surface area contributed by atoms with Crippen molar-refractivity contribution >= 4 is 10.8 Å². The molecule has 2 nitrogen and oxygen atoms in total. The molecule has 1 aromatic heterocycles. The second kappa shape index (κ2) is 5.69. The van der Waals surface area contributed by atoms with Crippen LogP contribution < -0.4 is 0 Å². The predicted molar refractivity (Wildman–Crippen MR) is 93.7 cm³/mol. The molecule has 0 radical (unpaired) electrons. The maximum absolute atomic E-state index is 4.82. The van der Waals surface area contributed by atoms with E-state index in [1.807, 2.05) is 6.20 Å². The number of nitrogens with zero attached hydrogens (tertiary/aromatic N) is 2. The first kappa shape index (κ1) is 15.0. The molecule has 3 atom stereocenters. The van der Waals surface area contributed by atoms with E-state index in [0.717, 1.165) is 12.1 Å². The van der Waals surface area contributed by atoms with Crippen LogP contribution in [-0.2, 0) is 5.54 Å². The van der Waals surface area contributed by atoms with Gasteiger partial charge in [-0.3, -0.25) is 9.88 Å². The van der Waals surface area contributed by atoms with Crippen LogP contribution in [0.2, 0.25) is 0 Å². The lowest BCUT2D eigenvalue weighted by Gasteiger charge is -2.47. The minimum atomic E-state index is -0.236. The van der Waals surface area contributed by atoms with Gasteiger partial charge in [0, 0.05) is 17.5 Å². The Morgan fingerprint density at radius 3 is 2.77 bits per heavy atom. The molecule has 0 saturated heterocycles. The largest absolute Gasteiger partial charge is 0.295 e. The van der Waals surface area contributed by atoms with Crippen LogP contribution in [0.1, 0.15) is 19.0 Å². The molecule has 1 heterocycles. The summed E-state index contributed by atoms with van der Waals surface area (Å²) >= 11 is 0.